The van der Waals surface area contributed by atoms with E-state index in [4.69, 9.17) is 4.74 Å². The number of aliphatic hydroxyl groups is 1. The van der Waals surface area contributed by atoms with Crippen molar-refractivity contribution in [1.82, 2.24) is 0 Å². The molecule has 0 bridgehead atoms. The van der Waals surface area contributed by atoms with E-state index in [0.29, 0.717) is 17.2 Å². The Kier molecular flexibility index (Phi) is 4.69. The lowest BCUT2D eigenvalue weighted by molar-refractivity contribution is 0.00943. The summed E-state index contributed by atoms with van der Waals surface area (Å²) in [6, 6.07) is 4.40. The third-order valence-corrected chi connectivity index (χ3v) is 4.48. The zero-order valence-corrected chi connectivity index (χ0v) is 12.7. The van der Waals surface area contributed by atoms with E-state index >= 15 is 0 Å². The highest BCUT2D eigenvalue weighted by molar-refractivity contribution is 5.37. The summed E-state index contributed by atoms with van der Waals surface area (Å²) in [6.45, 7) is 4.35. The molecule has 1 fully saturated rings. The average molecular weight is 280 g/mol. The van der Waals surface area contributed by atoms with Crippen LogP contribution in [0.4, 0.5) is 4.39 Å². The molecule has 1 saturated carbocycles. The van der Waals surface area contributed by atoms with E-state index in [-0.39, 0.29) is 11.2 Å². The SMILES string of the molecule is COc1ccc(F)cc1C(O)C1(CC(C)C)CCCC1. The summed E-state index contributed by atoms with van der Waals surface area (Å²) in [6.07, 6.45) is 4.60. The van der Waals surface area contributed by atoms with Crippen molar-refractivity contribution in [2.45, 2.75) is 52.1 Å². The molecule has 0 aliphatic heterocycles. The van der Waals surface area contributed by atoms with Gasteiger partial charge < -0.3 is 9.84 Å². The van der Waals surface area contributed by atoms with Crippen molar-refractivity contribution >= 4 is 0 Å². The maximum absolute atomic E-state index is 13.6. The number of rotatable bonds is 5. The molecular weight excluding hydrogens is 255 g/mol. The Bertz CT molecular complexity index is 450. The van der Waals surface area contributed by atoms with E-state index in [9.17, 15) is 9.50 Å². The summed E-state index contributed by atoms with van der Waals surface area (Å²) >= 11 is 0. The van der Waals surface area contributed by atoms with Crippen LogP contribution < -0.4 is 4.74 Å². The first-order valence-corrected chi connectivity index (χ1v) is 7.50. The van der Waals surface area contributed by atoms with Gasteiger partial charge in [-0.2, -0.15) is 0 Å². The Morgan fingerprint density at radius 2 is 1.95 bits per heavy atom. The number of benzene rings is 1. The van der Waals surface area contributed by atoms with Crippen molar-refractivity contribution in [2.24, 2.45) is 11.3 Å². The molecule has 1 atom stereocenters. The molecule has 112 valence electrons. The van der Waals surface area contributed by atoms with Crippen LogP contribution in [0.15, 0.2) is 18.2 Å². The van der Waals surface area contributed by atoms with Gasteiger partial charge in [0.15, 0.2) is 0 Å². The Morgan fingerprint density at radius 1 is 1.30 bits per heavy atom. The van der Waals surface area contributed by atoms with Gasteiger partial charge in [0.2, 0.25) is 0 Å². The van der Waals surface area contributed by atoms with Crippen LogP contribution in [0, 0.1) is 17.2 Å². The standard InChI is InChI=1S/C17H25FO2/c1-12(2)11-17(8-4-5-9-17)16(19)14-10-13(18)6-7-15(14)20-3/h6-7,10,12,16,19H,4-5,8-9,11H2,1-3H3. The van der Waals surface area contributed by atoms with Gasteiger partial charge in [-0.3, -0.25) is 0 Å². The van der Waals surface area contributed by atoms with Gasteiger partial charge in [0.1, 0.15) is 11.6 Å². The molecular formula is C17H25FO2. The highest BCUT2D eigenvalue weighted by Gasteiger charge is 2.42. The van der Waals surface area contributed by atoms with Gasteiger partial charge in [-0.1, -0.05) is 26.7 Å². The fourth-order valence-corrected chi connectivity index (χ4v) is 3.73. The van der Waals surface area contributed by atoms with Gasteiger partial charge >= 0.3 is 0 Å². The minimum absolute atomic E-state index is 0.130. The molecule has 0 heterocycles. The second kappa shape index (κ2) is 6.13. The highest BCUT2D eigenvalue weighted by Crippen LogP contribution is 2.53. The van der Waals surface area contributed by atoms with E-state index in [1.807, 2.05) is 0 Å². The van der Waals surface area contributed by atoms with Gasteiger partial charge in [-0.15, -0.1) is 0 Å². The second-order valence-corrected chi connectivity index (χ2v) is 6.46. The lowest BCUT2D eigenvalue weighted by Gasteiger charge is -2.36. The van der Waals surface area contributed by atoms with Crippen LogP contribution in [0.5, 0.6) is 5.75 Å². The quantitative estimate of drug-likeness (QED) is 0.862. The third kappa shape index (κ3) is 2.98. The normalized spacial score (nSPS) is 19.3. The summed E-state index contributed by atoms with van der Waals surface area (Å²) < 4.78 is 18.9. The summed E-state index contributed by atoms with van der Waals surface area (Å²) in [4.78, 5) is 0. The first kappa shape index (κ1) is 15.3. The van der Waals surface area contributed by atoms with Crippen molar-refractivity contribution < 1.29 is 14.2 Å². The molecule has 20 heavy (non-hydrogen) atoms. The zero-order chi connectivity index (χ0) is 14.8. The van der Waals surface area contributed by atoms with Gasteiger partial charge in [-0.25, -0.2) is 4.39 Å². The number of hydrogen-bond donors (Lipinski definition) is 1. The fraction of sp³-hybridized carbons (Fsp3) is 0.647. The number of hydrogen-bond acceptors (Lipinski definition) is 2. The van der Waals surface area contributed by atoms with Crippen molar-refractivity contribution in [3.8, 4) is 5.75 Å². The lowest BCUT2D eigenvalue weighted by Crippen LogP contribution is -2.28. The van der Waals surface area contributed by atoms with Crippen LogP contribution >= 0.6 is 0 Å². The summed E-state index contributed by atoms with van der Waals surface area (Å²) in [7, 11) is 1.56. The van der Waals surface area contributed by atoms with E-state index in [1.54, 1.807) is 13.2 Å². The smallest absolute Gasteiger partial charge is 0.124 e. The summed E-state index contributed by atoms with van der Waals surface area (Å²) in [5, 5.41) is 10.9. The molecule has 1 aliphatic carbocycles. The Hall–Kier alpha value is -1.09. The molecule has 1 unspecified atom stereocenters. The molecule has 1 aromatic rings. The average Bonchev–Trinajstić information content (AvgIpc) is 2.86. The van der Waals surface area contributed by atoms with Crippen LogP contribution in [0.3, 0.4) is 0 Å². The lowest BCUT2D eigenvalue weighted by atomic mass is 9.72. The molecule has 0 radical (unpaired) electrons. The van der Waals surface area contributed by atoms with E-state index in [0.717, 1.165) is 32.1 Å². The largest absolute Gasteiger partial charge is 0.496 e. The van der Waals surface area contributed by atoms with Gasteiger partial charge in [0, 0.05) is 11.0 Å². The van der Waals surface area contributed by atoms with Crippen LogP contribution in [0.1, 0.15) is 57.6 Å². The van der Waals surface area contributed by atoms with Crippen LogP contribution in [0.2, 0.25) is 0 Å². The van der Waals surface area contributed by atoms with Gasteiger partial charge in [0.05, 0.1) is 13.2 Å². The Balaban J connectivity index is 2.36. The van der Waals surface area contributed by atoms with E-state index < -0.39 is 6.10 Å². The van der Waals surface area contributed by atoms with E-state index in [1.165, 1.54) is 12.1 Å². The van der Waals surface area contributed by atoms with Gasteiger partial charge in [0.25, 0.3) is 0 Å². The monoisotopic (exact) mass is 280 g/mol. The van der Waals surface area contributed by atoms with Crippen molar-refractivity contribution in [2.75, 3.05) is 7.11 Å². The molecule has 1 aromatic carbocycles. The molecule has 1 N–H and O–H groups in total. The molecule has 1 aliphatic rings. The second-order valence-electron chi connectivity index (χ2n) is 6.46. The number of methoxy groups -OCH3 is 1. The van der Waals surface area contributed by atoms with Crippen LogP contribution in [0.25, 0.3) is 0 Å². The minimum Gasteiger partial charge on any atom is -0.496 e. The molecule has 3 heteroatoms. The van der Waals surface area contributed by atoms with Crippen molar-refractivity contribution in [3.63, 3.8) is 0 Å². The molecule has 0 aromatic heterocycles. The Labute approximate surface area is 121 Å². The number of aliphatic hydroxyl groups excluding tert-OH is 1. The maximum Gasteiger partial charge on any atom is 0.124 e. The minimum atomic E-state index is -0.655. The number of ether oxygens (including phenoxy) is 1. The fourth-order valence-electron chi connectivity index (χ4n) is 3.73. The highest BCUT2D eigenvalue weighted by atomic mass is 19.1. The van der Waals surface area contributed by atoms with Crippen LogP contribution in [-0.4, -0.2) is 12.2 Å². The maximum atomic E-state index is 13.6. The molecule has 2 rings (SSSR count). The first-order valence-electron chi connectivity index (χ1n) is 7.50. The topological polar surface area (TPSA) is 29.5 Å². The summed E-state index contributed by atoms with van der Waals surface area (Å²) in [5.74, 6) is 0.772. The van der Waals surface area contributed by atoms with Crippen molar-refractivity contribution in [1.29, 1.82) is 0 Å². The molecule has 0 amide bonds. The molecule has 0 spiro atoms. The predicted octanol–water partition coefficient (Wildman–Crippen LogP) is 4.47. The predicted molar refractivity (Wildman–Crippen MR) is 78.3 cm³/mol. The molecule has 0 saturated heterocycles. The van der Waals surface area contributed by atoms with Crippen LogP contribution in [-0.2, 0) is 0 Å². The third-order valence-electron chi connectivity index (χ3n) is 4.48. The number of halogens is 1. The first-order chi connectivity index (χ1) is 9.48. The van der Waals surface area contributed by atoms with Crippen molar-refractivity contribution in [3.05, 3.63) is 29.6 Å². The van der Waals surface area contributed by atoms with Gasteiger partial charge in [-0.05, 0) is 43.4 Å². The zero-order valence-electron chi connectivity index (χ0n) is 12.7. The molecule has 2 nitrogen and oxygen atoms in total. The van der Waals surface area contributed by atoms with E-state index in [2.05, 4.69) is 13.8 Å². The Morgan fingerprint density at radius 3 is 2.50 bits per heavy atom. The summed E-state index contributed by atoms with van der Waals surface area (Å²) in [5.41, 5.74) is 0.463.